The fourth-order valence-corrected chi connectivity index (χ4v) is 1.47. The van der Waals surface area contributed by atoms with Gasteiger partial charge in [0.05, 0.1) is 5.92 Å². The Morgan fingerprint density at radius 3 is 2.33 bits per heavy atom. The van der Waals surface area contributed by atoms with Crippen LogP contribution in [0.2, 0.25) is 0 Å². The topological polar surface area (TPSA) is 26.0 Å². The van der Waals surface area contributed by atoms with Crippen molar-refractivity contribution < 1.29 is 17.6 Å². The first-order valence-electron chi connectivity index (χ1n) is 4.39. The lowest BCUT2D eigenvalue weighted by atomic mass is 9.94. The van der Waals surface area contributed by atoms with Gasteiger partial charge in [-0.25, -0.2) is 4.39 Å². The molecule has 0 amide bonds. The molecule has 84 valence electrons. The van der Waals surface area contributed by atoms with E-state index in [4.69, 9.17) is 5.73 Å². The van der Waals surface area contributed by atoms with Crippen LogP contribution in [0.1, 0.15) is 17.0 Å². The molecule has 0 spiro atoms. The number of hydrogen-bond acceptors (Lipinski definition) is 1. The van der Waals surface area contributed by atoms with Crippen LogP contribution >= 0.6 is 0 Å². The highest BCUT2D eigenvalue weighted by Gasteiger charge is 2.40. The molecule has 1 aromatic rings. The lowest BCUT2D eigenvalue weighted by Gasteiger charge is -2.20. The lowest BCUT2D eigenvalue weighted by molar-refractivity contribution is -0.148. The van der Waals surface area contributed by atoms with Crippen LogP contribution in [0, 0.1) is 12.7 Å². The van der Waals surface area contributed by atoms with Crippen LogP contribution in [-0.4, -0.2) is 12.7 Å². The van der Waals surface area contributed by atoms with Gasteiger partial charge < -0.3 is 5.73 Å². The highest BCUT2D eigenvalue weighted by Crippen LogP contribution is 2.35. The maximum absolute atomic E-state index is 12.7. The maximum atomic E-state index is 12.7. The summed E-state index contributed by atoms with van der Waals surface area (Å²) in [5.41, 5.74) is 5.38. The second-order valence-electron chi connectivity index (χ2n) is 3.33. The SMILES string of the molecule is Cc1cc(F)ccc1C(CN)C(F)(F)F. The molecule has 0 aliphatic rings. The van der Waals surface area contributed by atoms with Crippen LogP contribution in [0.25, 0.3) is 0 Å². The summed E-state index contributed by atoms with van der Waals surface area (Å²) in [4.78, 5) is 0. The monoisotopic (exact) mass is 221 g/mol. The molecule has 0 aliphatic heterocycles. The molecule has 0 bridgehead atoms. The molecule has 5 heteroatoms. The molecule has 1 nitrogen and oxygen atoms in total. The summed E-state index contributed by atoms with van der Waals surface area (Å²) in [7, 11) is 0. The minimum Gasteiger partial charge on any atom is -0.330 e. The maximum Gasteiger partial charge on any atom is 0.396 e. The number of benzene rings is 1. The van der Waals surface area contributed by atoms with Crippen molar-refractivity contribution in [3.63, 3.8) is 0 Å². The summed E-state index contributed by atoms with van der Waals surface area (Å²) in [6.45, 7) is 0.906. The Hall–Kier alpha value is -1.10. The first-order chi connectivity index (χ1) is 6.86. The quantitative estimate of drug-likeness (QED) is 0.763. The van der Waals surface area contributed by atoms with E-state index in [0.29, 0.717) is 0 Å². The van der Waals surface area contributed by atoms with Gasteiger partial charge in [-0.2, -0.15) is 13.2 Å². The van der Waals surface area contributed by atoms with Crippen molar-refractivity contribution in [2.45, 2.75) is 19.0 Å². The lowest BCUT2D eigenvalue weighted by Crippen LogP contribution is -2.28. The van der Waals surface area contributed by atoms with Crippen molar-refractivity contribution >= 4 is 0 Å². The Morgan fingerprint density at radius 1 is 1.33 bits per heavy atom. The normalized spacial score (nSPS) is 14.0. The van der Waals surface area contributed by atoms with Gasteiger partial charge in [-0.15, -0.1) is 0 Å². The zero-order valence-corrected chi connectivity index (χ0v) is 8.11. The number of halogens is 4. The molecule has 2 N–H and O–H groups in total. The average Bonchev–Trinajstić information content (AvgIpc) is 2.07. The highest BCUT2D eigenvalue weighted by molar-refractivity contribution is 5.31. The predicted octanol–water partition coefficient (Wildman–Crippen LogP) is 2.74. The van der Waals surface area contributed by atoms with Crippen molar-refractivity contribution in [1.82, 2.24) is 0 Å². The molecule has 1 atom stereocenters. The molecule has 1 aromatic carbocycles. The molecule has 1 unspecified atom stereocenters. The van der Waals surface area contributed by atoms with Crippen molar-refractivity contribution in [3.8, 4) is 0 Å². The van der Waals surface area contributed by atoms with Crippen molar-refractivity contribution in [2.75, 3.05) is 6.54 Å². The van der Waals surface area contributed by atoms with Crippen molar-refractivity contribution in [2.24, 2.45) is 5.73 Å². The summed E-state index contributed by atoms with van der Waals surface area (Å²) in [5.74, 6) is -2.27. The minimum absolute atomic E-state index is 0.0337. The third-order valence-electron chi connectivity index (χ3n) is 2.24. The Labute approximate surface area is 84.9 Å². The van der Waals surface area contributed by atoms with E-state index < -0.39 is 24.5 Å². The fraction of sp³-hybridized carbons (Fsp3) is 0.400. The third-order valence-corrected chi connectivity index (χ3v) is 2.24. The summed E-state index contributed by atoms with van der Waals surface area (Å²) in [6.07, 6.45) is -4.39. The first-order valence-corrected chi connectivity index (χ1v) is 4.39. The largest absolute Gasteiger partial charge is 0.396 e. The van der Waals surface area contributed by atoms with E-state index in [0.717, 1.165) is 18.2 Å². The average molecular weight is 221 g/mol. The summed E-state index contributed by atoms with van der Waals surface area (Å²) in [5, 5.41) is 0. The van der Waals surface area contributed by atoms with E-state index >= 15 is 0 Å². The molecule has 0 saturated heterocycles. The van der Waals surface area contributed by atoms with Crippen LogP contribution in [0.15, 0.2) is 18.2 Å². The number of nitrogens with two attached hydrogens (primary N) is 1. The van der Waals surface area contributed by atoms with Crippen LogP contribution in [0.4, 0.5) is 17.6 Å². The zero-order valence-electron chi connectivity index (χ0n) is 8.11. The molecule has 0 aliphatic carbocycles. The van der Waals surface area contributed by atoms with E-state index in [-0.39, 0.29) is 11.1 Å². The molecule has 0 saturated carbocycles. The van der Waals surface area contributed by atoms with Gasteiger partial charge in [0.15, 0.2) is 0 Å². The van der Waals surface area contributed by atoms with Crippen molar-refractivity contribution in [1.29, 1.82) is 0 Å². The molecule has 0 aromatic heterocycles. The second kappa shape index (κ2) is 4.18. The smallest absolute Gasteiger partial charge is 0.330 e. The van der Waals surface area contributed by atoms with E-state index in [1.54, 1.807) is 0 Å². The van der Waals surface area contributed by atoms with E-state index in [9.17, 15) is 17.6 Å². The van der Waals surface area contributed by atoms with E-state index in [1.165, 1.54) is 6.92 Å². The molecular formula is C10H11F4N. The molecule has 0 radical (unpaired) electrons. The van der Waals surface area contributed by atoms with Gasteiger partial charge in [0.1, 0.15) is 5.82 Å². The Kier molecular flexibility index (Phi) is 3.34. The Balaban J connectivity index is 3.13. The van der Waals surface area contributed by atoms with Gasteiger partial charge in [-0.3, -0.25) is 0 Å². The number of aryl methyl sites for hydroxylation is 1. The number of hydrogen-bond donors (Lipinski definition) is 1. The van der Waals surface area contributed by atoms with Gasteiger partial charge in [-0.05, 0) is 30.2 Å². The van der Waals surface area contributed by atoms with E-state index in [1.807, 2.05) is 0 Å². The zero-order chi connectivity index (χ0) is 11.6. The summed E-state index contributed by atoms with van der Waals surface area (Å²) in [6, 6.07) is 3.22. The third kappa shape index (κ3) is 2.68. The summed E-state index contributed by atoms with van der Waals surface area (Å²) < 4.78 is 50.2. The van der Waals surface area contributed by atoms with Crippen LogP contribution < -0.4 is 5.73 Å². The molecule has 0 fully saturated rings. The Bertz CT molecular complexity index is 346. The minimum atomic E-state index is -4.39. The van der Waals surface area contributed by atoms with Gasteiger partial charge in [-0.1, -0.05) is 6.07 Å². The predicted molar refractivity (Wildman–Crippen MR) is 49.0 cm³/mol. The Morgan fingerprint density at radius 2 is 1.93 bits per heavy atom. The second-order valence-corrected chi connectivity index (χ2v) is 3.33. The molecular weight excluding hydrogens is 210 g/mol. The van der Waals surface area contributed by atoms with Crippen LogP contribution in [-0.2, 0) is 0 Å². The fourth-order valence-electron chi connectivity index (χ4n) is 1.47. The number of alkyl halides is 3. The number of rotatable bonds is 2. The molecule has 1 rings (SSSR count). The van der Waals surface area contributed by atoms with Crippen LogP contribution in [0.3, 0.4) is 0 Å². The summed E-state index contributed by atoms with van der Waals surface area (Å²) >= 11 is 0. The molecule has 0 heterocycles. The van der Waals surface area contributed by atoms with Gasteiger partial charge >= 0.3 is 6.18 Å². The van der Waals surface area contributed by atoms with Gasteiger partial charge in [0.25, 0.3) is 0 Å². The van der Waals surface area contributed by atoms with Gasteiger partial charge in [0, 0.05) is 6.54 Å². The van der Waals surface area contributed by atoms with E-state index in [2.05, 4.69) is 0 Å². The van der Waals surface area contributed by atoms with Crippen molar-refractivity contribution in [3.05, 3.63) is 35.1 Å². The van der Waals surface area contributed by atoms with Gasteiger partial charge in [0.2, 0.25) is 0 Å². The van der Waals surface area contributed by atoms with Crippen LogP contribution in [0.5, 0.6) is 0 Å². The highest BCUT2D eigenvalue weighted by atomic mass is 19.4. The molecule has 15 heavy (non-hydrogen) atoms. The standard InChI is InChI=1S/C10H11F4N/c1-6-4-7(11)2-3-8(6)9(5-15)10(12,13)14/h2-4,9H,5,15H2,1H3. The first kappa shape index (κ1) is 12.0.